The van der Waals surface area contributed by atoms with Crippen LogP contribution in [-0.4, -0.2) is 34.9 Å². The first kappa shape index (κ1) is 9.35. The maximum Gasteiger partial charge on any atom is 0.323 e. The summed E-state index contributed by atoms with van der Waals surface area (Å²) < 4.78 is 0. The molecule has 1 fully saturated rings. The molecule has 10 heavy (non-hydrogen) atoms. The zero-order valence-corrected chi connectivity index (χ0v) is 5.58. The monoisotopic (exact) mass is 148 g/mol. The highest BCUT2D eigenvalue weighted by Crippen LogP contribution is 2.05. The van der Waals surface area contributed by atoms with Crippen LogP contribution in [0.4, 0.5) is 0 Å². The molecule has 60 valence electrons. The van der Waals surface area contributed by atoms with E-state index in [-0.39, 0.29) is 6.15 Å². The first-order chi connectivity index (χ1) is 4.22. The van der Waals surface area contributed by atoms with Crippen LogP contribution in [0.3, 0.4) is 0 Å². The highest BCUT2D eigenvalue weighted by molar-refractivity contribution is 5.74. The number of hydrogen-bond acceptors (Lipinski definition) is 4. The second kappa shape index (κ2) is 3.50. The molecule has 5 nitrogen and oxygen atoms in total. The van der Waals surface area contributed by atoms with Crippen LogP contribution in [0, 0.1) is 0 Å². The molecule has 1 saturated heterocycles. The number of aliphatic hydroxyl groups is 1. The molecular formula is C5H12N2O3. The molecule has 5 heteroatoms. The van der Waals surface area contributed by atoms with E-state index in [1.807, 2.05) is 0 Å². The number of aliphatic hydroxyl groups excluding tert-OH is 1. The van der Waals surface area contributed by atoms with Crippen molar-refractivity contribution in [2.24, 2.45) is 0 Å². The predicted molar refractivity (Wildman–Crippen MR) is 35.1 cm³/mol. The van der Waals surface area contributed by atoms with Gasteiger partial charge in [-0.1, -0.05) is 0 Å². The van der Waals surface area contributed by atoms with Gasteiger partial charge in [-0.25, -0.2) is 0 Å². The van der Waals surface area contributed by atoms with E-state index in [9.17, 15) is 4.79 Å². The molecule has 0 aromatic carbocycles. The summed E-state index contributed by atoms with van der Waals surface area (Å²) in [6.45, 7) is 0.595. The van der Waals surface area contributed by atoms with Crippen molar-refractivity contribution < 1.29 is 15.0 Å². The number of carbonyl (C=O) groups is 1. The maximum absolute atomic E-state index is 10.2. The van der Waals surface area contributed by atoms with Gasteiger partial charge < -0.3 is 21.7 Å². The fourth-order valence-electron chi connectivity index (χ4n) is 0.941. The van der Waals surface area contributed by atoms with Gasteiger partial charge in [0.05, 0.1) is 6.10 Å². The number of aliphatic carboxylic acids is 1. The van der Waals surface area contributed by atoms with Crippen LogP contribution >= 0.6 is 0 Å². The second-order valence-electron chi connectivity index (χ2n) is 2.13. The fraction of sp³-hybridized carbons (Fsp3) is 0.800. The molecule has 6 N–H and O–H groups in total. The van der Waals surface area contributed by atoms with Gasteiger partial charge in [0.2, 0.25) is 0 Å². The normalized spacial score (nSPS) is 31.3. The molecule has 0 aliphatic carbocycles. The molecule has 1 unspecified atom stereocenters. The summed E-state index contributed by atoms with van der Waals surface area (Å²) >= 11 is 0. The van der Waals surface area contributed by atoms with Gasteiger partial charge in [0.25, 0.3) is 0 Å². The lowest BCUT2D eigenvalue weighted by molar-refractivity contribution is -0.141. The van der Waals surface area contributed by atoms with Crippen LogP contribution in [0.25, 0.3) is 0 Å². The minimum atomic E-state index is -0.972. The summed E-state index contributed by atoms with van der Waals surface area (Å²) in [6, 6.07) is -0.745. The SMILES string of the molecule is N.O=C(O)[C@H]1NCCC1O. The Kier molecular flexibility index (Phi) is 3.27. The number of hydrogen-bond donors (Lipinski definition) is 4. The van der Waals surface area contributed by atoms with E-state index in [2.05, 4.69) is 5.32 Å². The standard InChI is InChI=1S/C5H9NO3.H3N/c7-3-1-2-6-4(3)5(8)9;/h3-4,6-7H,1-2H2,(H,8,9);1H3/t3?,4-;/m0./s1. The van der Waals surface area contributed by atoms with Gasteiger partial charge in [-0.3, -0.25) is 4.79 Å². The topological polar surface area (TPSA) is 105 Å². The summed E-state index contributed by atoms with van der Waals surface area (Å²) in [4.78, 5) is 10.2. The third-order valence-electron chi connectivity index (χ3n) is 1.46. The third kappa shape index (κ3) is 1.66. The number of carboxylic acid groups (broad SMARTS) is 1. The van der Waals surface area contributed by atoms with Gasteiger partial charge >= 0.3 is 5.97 Å². The van der Waals surface area contributed by atoms with Crippen LogP contribution in [0.5, 0.6) is 0 Å². The van der Waals surface area contributed by atoms with Crippen molar-refractivity contribution in [3.05, 3.63) is 0 Å². The Labute approximate surface area is 58.6 Å². The van der Waals surface area contributed by atoms with Crippen LogP contribution in [0.1, 0.15) is 6.42 Å². The smallest absolute Gasteiger partial charge is 0.323 e. The summed E-state index contributed by atoms with van der Waals surface area (Å²) in [5, 5.41) is 19.9. The molecule has 1 rings (SSSR count). The molecule has 1 heterocycles. The van der Waals surface area contributed by atoms with Crippen molar-refractivity contribution in [1.82, 2.24) is 11.5 Å². The van der Waals surface area contributed by atoms with Crippen molar-refractivity contribution in [3.63, 3.8) is 0 Å². The van der Waals surface area contributed by atoms with Crippen molar-refractivity contribution in [2.75, 3.05) is 6.54 Å². The molecule has 0 amide bonds. The molecule has 1 aliphatic heterocycles. The molecule has 0 aromatic heterocycles. The van der Waals surface area contributed by atoms with Gasteiger partial charge in [-0.2, -0.15) is 0 Å². The first-order valence-corrected chi connectivity index (χ1v) is 2.86. The Balaban J connectivity index is 0.000000810. The minimum Gasteiger partial charge on any atom is -0.480 e. The highest BCUT2D eigenvalue weighted by Gasteiger charge is 2.30. The Bertz CT molecular complexity index is 128. The number of nitrogens with one attached hydrogen (secondary N) is 1. The third-order valence-corrected chi connectivity index (χ3v) is 1.46. The van der Waals surface area contributed by atoms with Crippen molar-refractivity contribution in [2.45, 2.75) is 18.6 Å². The maximum atomic E-state index is 10.2. The second-order valence-corrected chi connectivity index (χ2v) is 2.13. The molecule has 0 radical (unpaired) electrons. The number of carboxylic acids is 1. The molecule has 0 aromatic rings. The van der Waals surface area contributed by atoms with Gasteiger partial charge in [-0.15, -0.1) is 0 Å². The fourth-order valence-corrected chi connectivity index (χ4v) is 0.941. The first-order valence-electron chi connectivity index (χ1n) is 2.86. The van der Waals surface area contributed by atoms with E-state index in [1.165, 1.54) is 0 Å². The lowest BCUT2D eigenvalue weighted by Gasteiger charge is -2.06. The Morgan fingerprint density at radius 2 is 2.20 bits per heavy atom. The van der Waals surface area contributed by atoms with Gasteiger partial charge in [0.15, 0.2) is 0 Å². The molecule has 2 atom stereocenters. The minimum absolute atomic E-state index is 0. The molecule has 0 bridgehead atoms. The van der Waals surface area contributed by atoms with Gasteiger partial charge in [0.1, 0.15) is 6.04 Å². The molecule has 1 aliphatic rings. The Morgan fingerprint density at radius 3 is 2.40 bits per heavy atom. The summed E-state index contributed by atoms with van der Waals surface area (Å²) in [6.07, 6.45) is -0.167. The lowest BCUT2D eigenvalue weighted by Crippen LogP contribution is -2.38. The van der Waals surface area contributed by atoms with Gasteiger partial charge in [0, 0.05) is 0 Å². The zero-order chi connectivity index (χ0) is 6.85. The van der Waals surface area contributed by atoms with Crippen LogP contribution in [-0.2, 0) is 4.79 Å². The lowest BCUT2D eigenvalue weighted by atomic mass is 10.2. The van der Waals surface area contributed by atoms with E-state index < -0.39 is 18.1 Å². The quantitative estimate of drug-likeness (QED) is 0.380. The van der Waals surface area contributed by atoms with E-state index in [4.69, 9.17) is 10.2 Å². The van der Waals surface area contributed by atoms with Crippen LogP contribution in [0.15, 0.2) is 0 Å². The van der Waals surface area contributed by atoms with Crippen molar-refractivity contribution >= 4 is 5.97 Å². The van der Waals surface area contributed by atoms with Crippen molar-refractivity contribution in [1.29, 1.82) is 0 Å². The predicted octanol–water partition coefficient (Wildman–Crippen LogP) is -1.04. The van der Waals surface area contributed by atoms with Gasteiger partial charge in [-0.05, 0) is 13.0 Å². The Morgan fingerprint density at radius 1 is 1.60 bits per heavy atom. The number of rotatable bonds is 1. The average molecular weight is 148 g/mol. The summed E-state index contributed by atoms with van der Waals surface area (Å²) in [7, 11) is 0. The van der Waals surface area contributed by atoms with E-state index >= 15 is 0 Å². The average Bonchev–Trinajstić information content (AvgIpc) is 2.13. The summed E-state index contributed by atoms with van der Waals surface area (Å²) in [5.74, 6) is -0.972. The molecule has 0 saturated carbocycles. The largest absolute Gasteiger partial charge is 0.480 e. The van der Waals surface area contributed by atoms with E-state index in [1.54, 1.807) is 0 Å². The molecule has 0 spiro atoms. The Hall–Kier alpha value is -0.650. The highest BCUT2D eigenvalue weighted by atomic mass is 16.4. The van der Waals surface area contributed by atoms with Crippen LogP contribution < -0.4 is 11.5 Å². The summed E-state index contributed by atoms with van der Waals surface area (Å²) in [5.41, 5.74) is 0. The van der Waals surface area contributed by atoms with E-state index in [0.717, 1.165) is 0 Å². The zero-order valence-electron chi connectivity index (χ0n) is 5.58. The van der Waals surface area contributed by atoms with Crippen LogP contribution in [0.2, 0.25) is 0 Å². The molecular weight excluding hydrogens is 136 g/mol. The van der Waals surface area contributed by atoms with Crippen molar-refractivity contribution in [3.8, 4) is 0 Å². The van der Waals surface area contributed by atoms with E-state index in [0.29, 0.717) is 13.0 Å².